The first kappa shape index (κ1) is 17.1. The molecule has 0 aliphatic rings. The summed E-state index contributed by atoms with van der Waals surface area (Å²) in [5, 5.41) is 3.26. The average molecular weight is 353 g/mol. The minimum absolute atomic E-state index is 0.266. The van der Waals surface area contributed by atoms with E-state index in [1.165, 1.54) is 22.3 Å². The molecule has 0 aliphatic heterocycles. The van der Waals surface area contributed by atoms with Gasteiger partial charge in [-0.25, -0.2) is 4.79 Å². The van der Waals surface area contributed by atoms with Crippen molar-refractivity contribution in [2.45, 2.75) is 25.7 Å². The van der Waals surface area contributed by atoms with Crippen LogP contribution >= 0.6 is 33.0 Å². The van der Waals surface area contributed by atoms with Crippen LogP contribution in [0.3, 0.4) is 0 Å². The van der Waals surface area contributed by atoms with Crippen molar-refractivity contribution < 1.29 is 9.53 Å². The van der Waals surface area contributed by atoms with E-state index in [0.29, 0.717) is 11.5 Å². The van der Waals surface area contributed by atoms with Gasteiger partial charge in [0.25, 0.3) is 0 Å². The first-order chi connectivity index (χ1) is 10.7. The first-order valence-electron chi connectivity index (χ1n) is 7.15. The second-order valence-electron chi connectivity index (χ2n) is 4.25. The van der Waals surface area contributed by atoms with E-state index in [2.05, 4.69) is 6.07 Å². The minimum atomic E-state index is -0.266. The van der Waals surface area contributed by atoms with Crippen LogP contribution in [0.4, 0.5) is 0 Å². The molecule has 3 rings (SSSR count). The fraction of sp³-hybridized carbons (Fsp3) is 0.235. The van der Waals surface area contributed by atoms with Crippen molar-refractivity contribution in [3.05, 3.63) is 41.3 Å². The molecule has 0 saturated carbocycles. The summed E-state index contributed by atoms with van der Waals surface area (Å²) in [7, 11) is 7.16. The van der Waals surface area contributed by atoms with E-state index in [0.717, 1.165) is 25.8 Å². The molecule has 1 aromatic heterocycles. The van der Waals surface area contributed by atoms with E-state index in [4.69, 9.17) is 15.4 Å². The van der Waals surface area contributed by atoms with Crippen LogP contribution in [0.5, 0.6) is 0 Å². The summed E-state index contributed by atoms with van der Waals surface area (Å²) in [5.41, 5.74) is 0. The number of fused-ring (bicyclic) bond motifs is 3. The number of ether oxygens (including phenoxy) is 1. The third-order valence-corrected chi connectivity index (χ3v) is 5.21. The zero-order chi connectivity index (χ0) is 16.1. The molecular weight excluding hydrogens is 336 g/mol. The molecule has 0 unspecified atom stereocenters. The topological polar surface area (TPSA) is 26.3 Å². The Morgan fingerprint density at radius 2 is 1.91 bits per heavy atom. The lowest BCUT2D eigenvalue weighted by atomic mass is 10.1. The normalized spacial score (nSPS) is 10.4. The molecule has 3 aromatic rings. The highest BCUT2D eigenvalue weighted by Gasteiger charge is 2.14. The summed E-state index contributed by atoms with van der Waals surface area (Å²) in [6, 6.07) is 12.0. The summed E-state index contributed by atoms with van der Waals surface area (Å²) < 4.78 is 6.16. The Kier molecular flexibility index (Phi) is 6.12. The Bertz CT molecular complexity index is 796. The summed E-state index contributed by atoms with van der Waals surface area (Å²) in [6.07, 6.45) is 0. The maximum Gasteiger partial charge on any atom is 0.348 e. The summed E-state index contributed by atoms with van der Waals surface area (Å²) in [5.74, 6) is -0.266. The zero-order valence-electron chi connectivity index (χ0n) is 12.7. The molecule has 116 valence electrons. The van der Waals surface area contributed by atoms with Crippen LogP contribution in [0.15, 0.2) is 41.3 Å². The maximum absolute atomic E-state index is 11.9. The molecule has 1 heterocycles. The second-order valence-corrected chi connectivity index (χ2v) is 6.36. The summed E-state index contributed by atoms with van der Waals surface area (Å²) >= 11 is 1.47. The van der Waals surface area contributed by atoms with Gasteiger partial charge in [0.05, 0.1) is 6.61 Å². The maximum atomic E-state index is 11.9. The van der Waals surface area contributed by atoms with E-state index >= 15 is 0 Å². The van der Waals surface area contributed by atoms with Gasteiger partial charge < -0.3 is 4.74 Å². The van der Waals surface area contributed by atoms with E-state index in [1.807, 2.05) is 51.1 Å². The van der Waals surface area contributed by atoms with Crippen molar-refractivity contribution in [2.75, 3.05) is 6.61 Å². The fourth-order valence-electron chi connectivity index (χ4n) is 2.20. The smallest absolute Gasteiger partial charge is 0.348 e. The largest absolute Gasteiger partial charge is 0.462 e. The first-order valence-corrected chi connectivity index (χ1v) is 9.61. The SMILES string of the molecule is CC.CCOC(=O)c1cc2cc(SCl)c3ccccc3c2s1. The Morgan fingerprint density at radius 1 is 1.23 bits per heavy atom. The van der Waals surface area contributed by atoms with Gasteiger partial charge in [0, 0.05) is 15.0 Å². The van der Waals surface area contributed by atoms with Gasteiger partial charge in [-0.1, -0.05) is 38.1 Å². The number of rotatable bonds is 3. The van der Waals surface area contributed by atoms with Crippen LogP contribution in [-0.4, -0.2) is 12.6 Å². The third-order valence-electron chi connectivity index (χ3n) is 3.04. The highest BCUT2D eigenvalue weighted by Crippen LogP contribution is 2.39. The van der Waals surface area contributed by atoms with Gasteiger partial charge in [0.2, 0.25) is 0 Å². The fourth-order valence-corrected chi connectivity index (χ4v) is 4.09. The molecule has 0 atom stereocenters. The molecule has 0 amide bonds. The number of hydrogen-bond donors (Lipinski definition) is 0. The van der Waals surface area contributed by atoms with Crippen molar-refractivity contribution in [1.82, 2.24) is 0 Å². The number of esters is 1. The number of thiophene rings is 1. The van der Waals surface area contributed by atoms with Gasteiger partial charge in [0.15, 0.2) is 0 Å². The van der Waals surface area contributed by atoms with Crippen molar-refractivity contribution in [3.63, 3.8) is 0 Å². The molecule has 0 radical (unpaired) electrons. The van der Waals surface area contributed by atoms with Crippen LogP contribution in [0, 0.1) is 0 Å². The Labute approximate surface area is 142 Å². The van der Waals surface area contributed by atoms with Gasteiger partial charge in [-0.3, -0.25) is 0 Å². The van der Waals surface area contributed by atoms with Crippen LogP contribution in [0.2, 0.25) is 0 Å². The molecule has 0 bridgehead atoms. The molecule has 0 aliphatic carbocycles. The predicted molar refractivity (Wildman–Crippen MR) is 98.3 cm³/mol. The Hall–Kier alpha value is -1.23. The van der Waals surface area contributed by atoms with Gasteiger partial charge in [-0.15, -0.1) is 11.3 Å². The lowest BCUT2D eigenvalue weighted by molar-refractivity contribution is 0.0532. The van der Waals surface area contributed by atoms with E-state index in [-0.39, 0.29) is 5.97 Å². The second kappa shape index (κ2) is 7.86. The van der Waals surface area contributed by atoms with E-state index < -0.39 is 0 Å². The van der Waals surface area contributed by atoms with Crippen LogP contribution < -0.4 is 0 Å². The minimum Gasteiger partial charge on any atom is -0.462 e. The Morgan fingerprint density at radius 3 is 2.55 bits per heavy atom. The number of carbonyl (C=O) groups is 1. The molecule has 0 N–H and O–H groups in total. The number of hydrogen-bond acceptors (Lipinski definition) is 4. The average Bonchev–Trinajstić information content (AvgIpc) is 3.00. The summed E-state index contributed by atoms with van der Waals surface area (Å²) in [4.78, 5) is 13.5. The van der Waals surface area contributed by atoms with Crippen LogP contribution in [0.1, 0.15) is 30.4 Å². The number of carbonyl (C=O) groups excluding carboxylic acids is 1. The quantitative estimate of drug-likeness (QED) is 0.503. The van der Waals surface area contributed by atoms with Crippen molar-refractivity contribution in [2.24, 2.45) is 0 Å². The molecule has 0 fully saturated rings. The highest BCUT2D eigenvalue weighted by molar-refractivity contribution is 8.21. The van der Waals surface area contributed by atoms with Gasteiger partial charge >= 0.3 is 5.97 Å². The Balaban J connectivity index is 0.000000847. The summed E-state index contributed by atoms with van der Waals surface area (Å²) in [6.45, 7) is 6.19. The molecule has 0 spiro atoms. The number of halogens is 1. The standard InChI is InChI=1S/C15H11ClO2S2.C2H6/c1-2-18-15(17)13-8-9-7-12(20-16)10-5-3-4-6-11(10)14(9)19-13;1-2/h3-8H,2H2,1H3;1-2H3. The van der Waals surface area contributed by atoms with Crippen LogP contribution in [-0.2, 0) is 4.74 Å². The molecular formula is C17H17ClO2S2. The molecule has 22 heavy (non-hydrogen) atoms. The highest BCUT2D eigenvalue weighted by atomic mass is 35.7. The lowest BCUT2D eigenvalue weighted by Crippen LogP contribution is -2.01. The van der Waals surface area contributed by atoms with E-state index in [9.17, 15) is 4.79 Å². The van der Waals surface area contributed by atoms with Gasteiger partial charge in [-0.05, 0) is 51.5 Å². The van der Waals surface area contributed by atoms with Crippen LogP contribution in [0.25, 0.3) is 20.9 Å². The van der Waals surface area contributed by atoms with Crippen molar-refractivity contribution >= 4 is 59.8 Å². The number of benzene rings is 2. The zero-order valence-corrected chi connectivity index (χ0v) is 15.1. The predicted octanol–water partition coefficient (Wildman–Crippen LogP) is 6.50. The monoisotopic (exact) mass is 352 g/mol. The third kappa shape index (κ3) is 3.24. The molecule has 0 saturated heterocycles. The van der Waals surface area contributed by atoms with Crippen molar-refractivity contribution in [1.29, 1.82) is 0 Å². The molecule has 2 nitrogen and oxygen atoms in total. The molecule has 2 aromatic carbocycles. The van der Waals surface area contributed by atoms with Gasteiger partial charge in [0.1, 0.15) is 4.88 Å². The van der Waals surface area contributed by atoms with E-state index in [1.54, 1.807) is 0 Å². The van der Waals surface area contributed by atoms with Gasteiger partial charge in [-0.2, -0.15) is 0 Å². The molecule has 5 heteroatoms. The lowest BCUT2D eigenvalue weighted by Gasteiger charge is -2.03. The van der Waals surface area contributed by atoms with Crippen molar-refractivity contribution in [3.8, 4) is 0 Å².